The van der Waals surface area contributed by atoms with Crippen LogP contribution in [0.2, 0.25) is 0 Å². The van der Waals surface area contributed by atoms with Gasteiger partial charge >= 0.3 is 6.01 Å². The molecule has 1 aliphatic rings. The molecule has 0 N–H and O–H groups in total. The molecule has 4 rings (SSSR count). The number of likely N-dealkylation sites (tertiary alicyclic amines) is 1. The van der Waals surface area contributed by atoms with Crippen molar-refractivity contribution in [1.82, 2.24) is 20.2 Å². The van der Waals surface area contributed by atoms with Crippen LogP contribution in [0.1, 0.15) is 34.9 Å². The Morgan fingerprint density at radius 2 is 1.89 bits per heavy atom. The second kappa shape index (κ2) is 6.86. The summed E-state index contributed by atoms with van der Waals surface area (Å²) in [5.41, 5.74) is -0.247. The number of carbonyl (C=O) groups excluding carboxylic acids is 1. The Bertz CT molecular complexity index is 951. The maximum absolute atomic E-state index is 13.5. The number of benzene rings is 1. The molecule has 0 spiro atoms. The van der Waals surface area contributed by atoms with Gasteiger partial charge in [-0.1, -0.05) is 5.16 Å². The topological polar surface area (TPSA) is 85.3 Å². The summed E-state index contributed by atoms with van der Waals surface area (Å²) in [5.74, 6) is -2.15. The number of halogens is 3. The van der Waals surface area contributed by atoms with E-state index in [9.17, 15) is 18.0 Å². The Hall–Kier alpha value is -3.17. The predicted octanol–water partition coefficient (Wildman–Crippen LogP) is 3.16. The van der Waals surface area contributed by atoms with Crippen LogP contribution in [0.3, 0.4) is 0 Å². The summed E-state index contributed by atoms with van der Waals surface area (Å²) < 4.78 is 49.3. The highest BCUT2D eigenvalue weighted by Crippen LogP contribution is 2.28. The van der Waals surface area contributed by atoms with Crippen molar-refractivity contribution in [3.05, 3.63) is 53.4 Å². The van der Waals surface area contributed by atoms with Gasteiger partial charge in [-0.2, -0.15) is 13.8 Å². The smallest absolute Gasteiger partial charge is 0.322 e. The van der Waals surface area contributed by atoms with Crippen molar-refractivity contribution < 1.29 is 27.0 Å². The molecular formula is C17H13F3N4O3. The molecule has 2 aromatic heterocycles. The van der Waals surface area contributed by atoms with Crippen LogP contribution in [-0.2, 0) is 0 Å². The van der Waals surface area contributed by atoms with Crippen molar-refractivity contribution in [1.29, 1.82) is 0 Å². The number of hydrogen-bond donors (Lipinski definition) is 0. The van der Waals surface area contributed by atoms with E-state index in [0.29, 0.717) is 30.8 Å². The van der Waals surface area contributed by atoms with Crippen LogP contribution in [0.4, 0.5) is 13.2 Å². The molecule has 0 unspecified atom stereocenters. The Labute approximate surface area is 150 Å². The van der Waals surface area contributed by atoms with Crippen molar-refractivity contribution >= 4 is 5.91 Å². The lowest BCUT2D eigenvalue weighted by Crippen LogP contribution is -2.39. The molecule has 0 aliphatic carbocycles. The van der Waals surface area contributed by atoms with E-state index in [-0.39, 0.29) is 24.2 Å². The van der Waals surface area contributed by atoms with Crippen molar-refractivity contribution in [3.63, 3.8) is 0 Å². The molecule has 0 saturated carbocycles. The van der Waals surface area contributed by atoms with Crippen LogP contribution < -0.4 is 0 Å². The second-order valence-corrected chi connectivity index (χ2v) is 6.18. The quantitative estimate of drug-likeness (QED) is 0.696. The van der Waals surface area contributed by atoms with Gasteiger partial charge in [0.1, 0.15) is 5.82 Å². The van der Waals surface area contributed by atoms with Gasteiger partial charge in [0, 0.05) is 24.6 Å². The van der Waals surface area contributed by atoms with Crippen LogP contribution >= 0.6 is 0 Å². The lowest BCUT2D eigenvalue weighted by molar-refractivity contribution is 0.0691. The van der Waals surface area contributed by atoms with Crippen LogP contribution in [-0.4, -0.2) is 39.2 Å². The van der Waals surface area contributed by atoms with Gasteiger partial charge in [0.2, 0.25) is 0 Å². The van der Waals surface area contributed by atoms with Crippen LogP contribution in [0.25, 0.3) is 11.5 Å². The van der Waals surface area contributed by atoms with Crippen molar-refractivity contribution in [2.45, 2.75) is 18.8 Å². The molecule has 0 radical (unpaired) electrons. The van der Waals surface area contributed by atoms with E-state index in [0.717, 1.165) is 0 Å². The Morgan fingerprint density at radius 1 is 1.11 bits per heavy atom. The largest absolute Gasteiger partial charge is 0.338 e. The molecule has 1 aliphatic heterocycles. The van der Waals surface area contributed by atoms with Gasteiger partial charge in [0.15, 0.2) is 11.4 Å². The van der Waals surface area contributed by atoms with Crippen molar-refractivity contribution in [2.75, 3.05) is 13.1 Å². The van der Waals surface area contributed by atoms with E-state index in [2.05, 4.69) is 19.8 Å². The minimum Gasteiger partial charge on any atom is -0.338 e. The monoisotopic (exact) mass is 378 g/mol. The number of nitrogens with zero attached hydrogens (tertiary/aromatic N) is 4. The molecular weight excluding hydrogens is 365 g/mol. The van der Waals surface area contributed by atoms with E-state index in [1.54, 1.807) is 0 Å². The average Bonchev–Trinajstić information content (AvgIpc) is 3.29. The maximum Gasteiger partial charge on any atom is 0.322 e. The molecule has 1 fully saturated rings. The zero-order valence-electron chi connectivity index (χ0n) is 13.9. The van der Waals surface area contributed by atoms with Gasteiger partial charge in [-0.25, -0.2) is 4.39 Å². The first kappa shape index (κ1) is 17.3. The van der Waals surface area contributed by atoms with Crippen LogP contribution in [0, 0.1) is 17.8 Å². The zero-order chi connectivity index (χ0) is 19.0. The minimum absolute atomic E-state index is 0.172. The normalized spacial score (nSPS) is 17.3. The third-order valence-electron chi connectivity index (χ3n) is 4.43. The summed E-state index contributed by atoms with van der Waals surface area (Å²) >= 11 is 0. The molecule has 140 valence electrons. The second-order valence-electron chi connectivity index (χ2n) is 6.18. The number of aromatic nitrogens is 3. The summed E-state index contributed by atoms with van der Waals surface area (Å²) in [6.45, 7) is 0.507. The molecule has 0 bridgehead atoms. The zero-order valence-corrected chi connectivity index (χ0v) is 13.9. The highest BCUT2D eigenvalue weighted by Gasteiger charge is 2.33. The Kier molecular flexibility index (Phi) is 4.38. The van der Waals surface area contributed by atoms with Crippen LogP contribution in [0.15, 0.2) is 33.3 Å². The summed E-state index contributed by atoms with van der Waals surface area (Å²) in [5, 5.41) is 6.76. The van der Waals surface area contributed by atoms with Gasteiger partial charge in [-0.15, -0.1) is 0 Å². The highest BCUT2D eigenvalue weighted by atomic mass is 19.1. The number of hydrogen-bond acceptors (Lipinski definition) is 6. The number of piperidine rings is 1. The van der Waals surface area contributed by atoms with E-state index < -0.39 is 23.4 Å². The molecule has 10 heteroatoms. The first-order chi connectivity index (χ1) is 13.0. The first-order valence-electron chi connectivity index (χ1n) is 8.22. The molecule has 1 amide bonds. The number of carbonyl (C=O) groups is 1. The number of amides is 1. The summed E-state index contributed by atoms with van der Waals surface area (Å²) in [4.78, 5) is 18.0. The van der Waals surface area contributed by atoms with Crippen LogP contribution in [0.5, 0.6) is 0 Å². The molecule has 3 aromatic rings. The molecule has 3 heterocycles. The lowest BCUT2D eigenvalue weighted by Gasteiger charge is -2.30. The molecule has 27 heavy (non-hydrogen) atoms. The Balaban J connectivity index is 1.52. The third kappa shape index (κ3) is 3.29. The maximum atomic E-state index is 13.5. The fourth-order valence-corrected chi connectivity index (χ4v) is 3.07. The molecule has 7 nitrogen and oxygen atoms in total. The van der Waals surface area contributed by atoms with Gasteiger partial charge in [0.25, 0.3) is 17.7 Å². The summed E-state index contributed by atoms with van der Waals surface area (Å²) in [6, 6.07) is 4.24. The first-order valence-corrected chi connectivity index (χ1v) is 8.22. The number of rotatable bonds is 3. The van der Waals surface area contributed by atoms with E-state index in [4.69, 9.17) is 4.52 Å². The van der Waals surface area contributed by atoms with E-state index >= 15 is 0 Å². The Morgan fingerprint density at radius 3 is 2.59 bits per heavy atom. The average molecular weight is 378 g/mol. The third-order valence-corrected chi connectivity index (χ3v) is 4.43. The van der Waals surface area contributed by atoms with Gasteiger partial charge in [-0.05, 0) is 42.3 Å². The van der Waals surface area contributed by atoms with E-state index in [1.165, 1.54) is 29.2 Å². The lowest BCUT2D eigenvalue weighted by atomic mass is 9.97. The van der Waals surface area contributed by atoms with Crippen molar-refractivity contribution in [3.8, 4) is 11.5 Å². The summed E-state index contributed by atoms with van der Waals surface area (Å²) in [6.07, 6.45) is 1.28. The van der Waals surface area contributed by atoms with Crippen molar-refractivity contribution in [2.24, 2.45) is 0 Å². The minimum atomic E-state index is -1.35. The highest BCUT2D eigenvalue weighted by molar-refractivity contribution is 5.94. The fraction of sp³-hybridized carbons (Fsp3) is 0.294. The predicted molar refractivity (Wildman–Crippen MR) is 84.0 cm³/mol. The van der Waals surface area contributed by atoms with Gasteiger partial charge in [0.05, 0.1) is 0 Å². The fourth-order valence-electron chi connectivity index (χ4n) is 3.07. The molecule has 1 atom stereocenters. The van der Waals surface area contributed by atoms with Gasteiger partial charge < -0.3 is 13.9 Å². The summed E-state index contributed by atoms with van der Waals surface area (Å²) in [7, 11) is 0. The van der Waals surface area contributed by atoms with Gasteiger partial charge in [-0.3, -0.25) is 4.79 Å². The van der Waals surface area contributed by atoms with E-state index in [1.807, 2.05) is 0 Å². The molecule has 1 aromatic carbocycles. The standard InChI is InChI=1S/C17H13F3N4O3/c18-11-5-3-9(4-6-11)16-21-15(23-27-16)10-2-1-7-24(8-10)17(25)12-13(19)22-26-14(12)20/h3-6,10H,1-2,7-8H2/t10-/m0/s1. The SMILES string of the molecule is O=C(c1c(F)noc1F)N1CCC[C@H](c2noc(-c3ccc(F)cc3)n2)C1. The molecule has 1 saturated heterocycles.